The van der Waals surface area contributed by atoms with E-state index in [0.717, 1.165) is 0 Å². The number of nitrogens with one attached hydrogen (secondary N) is 2. The normalized spacial score (nSPS) is 19.1. The maximum atomic E-state index is 12.1. The minimum absolute atomic E-state index is 0.153. The minimum Gasteiger partial charge on any atom is -0.467 e. The molecule has 2 rings (SSSR count). The molecule has 2 N–H and O–H groups in total. The second-order valence-electron chi connectivity index (χ2n) is 4.53. The molecule has 0 spiro atoms. The fraction of sp³-hybridized carbons (Fsp3) is 0.357. The molecule has 0 radical (unpaired) electrons. The van der Waals surface area contributed by atoms with Gasteiger partial charge in [0.15, 0.2) is 6.04 Å². The number of methoxy groups -OCH3 is 1. The van der Waals surface area contributed by atoms with E-state index in [0.29, 0.717) is 18.4 Å². The number of carbonyl (C=O) groups is 3. The van der Waals surface area contributed by atoms with Crippen LogP contribution in [-0.2, 0) is 19.1 Å². The zero-order valence-electron chi connectivity index (χ0n) is 11.1. The van der Waals surface area contributed by atoms with Crippen molar-refractivity contribution in [3.8, 4) is 0 Å². The van der Waals surface area contributed by atoms with Gasteiger partial charge in [-0.3, -0.25) is 9.59 Å². The molecule has 1 fully saturated rings. The van der Waals surface area contributed by atoms with Crippen molar-refractivity contribution in [2.75, 3.05) is 7.11 Å². The molecule has 6 heteroatoms. The number of amides is 2. The fourth-order valence-corrected chi connectivity index (χ4v) is 2.10. The van der Waals surface area contributed by atoms with Gasteiger partial charge in [-0.2, -0.15) is 0 Å². The van der Waals surface area contributed by atoms with E-state index in [1.165, 1.54) is 7.11 Å². The van der Waals surface area contributed by atoms with Crippen LogP contribution in [0.4, 0.5) is 0 Å². The van der Waals surface area contributed by atoms with Crippen LogP contribution in [0.3, 0.4) is 0 Å². The Morgan fingerprint density at radius 2 is 2.05 bits per heavy atom. The lowest BCUT2D eigenvalue weighted by Gasteiger charge is -2.19. The van der Waals surface area contributed by atoms with E-state index in [1.54, 1.807) is 24.3 Å². The summed E-state index contributed by atoms with van der Waals surface area (Å²) in [5, 5.41) is 5.18. The summed E-state index contributed by atoms with van der Waals surface area (Å²) in [7, 11) is 1.27. The highest BCUT2D eigenvalue weighted by Crippen LogP contribution is 2.15. The average Bonchev–Trinajstić information content (AvgIpc) is 2.91. The number of ether oxygens (including phenoxy) is 1. The number of benzene rings is 1. The largest absolute Gasteiger partial charge is 0.467 e. The highest BCUT2D eigenvalue weighted by Gasteiger charge is 2.31. The predicted octanol–water partition coefficient (Wildman–Crippen LogP) is 0.296. The van der Waals surface area contributed by atoms with Crippen molar-refractivity contribution in [1.29, 1.82) is 0 Å². The van der Waals surface area contributed by atoms with Crippen molar-refractivity contribution in [3.05, 3.63) is 35.9 Å². The summed E-state index contributed by atoms with van der Waals surface area (Å²) in [6.07, 6.45) is 0.764. The summed E-state index contributed by atoms with van der Waals surface area (Å²) in [5.74, 6) is -1.08. The molecule has 0 aromatic heterocycles. The van der Waals surface area contributed by atoms with Crippen LogP contribution in [0.5, 0.6) is 0 Å². The molecule has 1 aliphatic heterocycles. The molecule has 1 aromatic carbocycles. The van der Waals surface area contributed by atoms with Crippen LogP contribution in [0.1, 0.15) is 24.4 Å². The van der Waals surface area contributed by atoms with Gasteiger partial charge in [0.2, 0.25) is 11.8 Å². The molecule has 1 heterocycles. The average molecular weight is 276 g/mol. The van der Waals surface area contributed by atoms with E-state index in [9.17, 15) is 14.4 Å². The summed E-state index contributed by atoms with van der Waals surface area (Å²) < 4.78 is 4.71. The van der Waals surface area contributed by atoms with E-state index in [2.05, 4.69) is 10.6 Å². The Morgan fingerprint density at radius 3 is 2.60 bits per heavy atom. The molecule has 1 saturated heterocycles. The number of hydrogen-bond acceptors (Lipinski definition) is 4. The first kappa shape index (κ1) is 14.0. The predicted molar refractivity (Wildman–Crippen MR) is 70.5 cm³/mol. The number of hydrogen-bond donors (Lipinski definition) is 2. The molecular weight excluding hydrogens is 260 g/mol. The number of esters is 1. The molecule has 1 aromatic rings. The highest BCUT2D eigenvalue weighted by atomic mass is 16.5. The van der Waals surface area contributed by atoms with Crippen LogP contribution in [0, 0.1) is 0 Å². The van der Waals surface area contributed by atoms with Gasteiger partial charge < -0.3 is 15.4 Å². The van der Waals surface area contributed by atoms with Crippen LogP contribution in [0.2, 0.25) is 0 Å². The smallest absolute Gasteiger partial charge is 0.333 e. The van der Waals surface area contributed by atoms with Crippen LogP contribution >= 0.6 is 0 Å². The SMILES string of the molecule is COC(=O)C(NC(=O)C1CCC(=O)N1)c1ccccc1. The van der Waals surface area contributed by atoms with E-state index in [-0.39, 0.29) is 11.8 Å². The van der Waals surface area contributed by atoms with Gasteiger partial charge in [0, 0.05) is 6.42 Å². The van der Waals surface area contributed by atoms with Gasteiger partial charge in [-0.25, -0.2) is 4.79 Å². The third-order valence-electron chi connectivity index (χ3n) is 3.17. The van der Waals surface area contributed by atoms with Crippen LogP contribution in [-0.4, -0.2) is 30.9 Å². The van der Waals surface area contributed by atoms with Crippen LogP contribution in [0.15, 0.2) is 30.3 Å². The first-order chi connectivity index (χ1) is 9.61. The van der Waals surface area contributed by atoms with Gasteiger partial charge in [0.1, 0.15) is 6.04 Å². The van der Waals surface area contributed by atoms with Gasteiger partial charge in [0.25, 0.3) is 0 Å². The van der Waals surface area contributed by atoms with Gasteiger partial charge in [-0.05, 0) is 12.0 Å². The van der Waals surface area contributed by atoms with Gasteiger partial charge >= 0.3 is 5.97 Å². The molecule has 106 valence electrons. The first-order valence-corrected chi connectivity index (χ1v) is 6.34. The van der Waals surface area contributed by atoms with Gasteiger partial charge in [0.05, 0.1) is 7.11 Å². The quantitative estimate of drug-likeness (QED) is 0.774. The van der Waals surface area contributed by atoms with Crippen molar-refractivity contribution < 1.29 is 19.1 Å². The fourth-order valence-electron chi connectivity index (χ4n) is 2.10. The Bertz CT molecular complexity index is 515. The van der Waals surface area contributed by atoms with E-state index in [4.69, 9.17) is 4.74 Å². The van der Waals surface area contributed by atoms with Crippen molar-refractivity contribution in [2.45, 2.75) is 24.9 Å². The van der Waals surface area contributed by atoms with Crippen molar-refractivity contribution in [3.63, 3.8) is 0 Å². The van der Waals surface area contributed by atoms with Gasteiger partial charge in [-0.1, -0.05) is 30.3 Å². The maximum Gasteiger partial charge on any atom is 0.333 e. The van der Waals surface area contributed by atoms with E-state index >= 15 is 0 Å². The topological polar surface area (TPSA) is 84.5 Å². The van der Waals surface area contributed by atoms with Crippen molar-refractivity contribution in [2.24, 2.45) is 0 Å². The third-order valence-corrected chi connectivity index (χ3v) is 3.17. The summed E-state index contributed by atoms with van der Waals surface area (Å²) in [4.78, 5) is 35.0. The highest BCUT2D eigenvalue weighted by molar-refractivity contribution is 5.93. The zero-order chi connectivity index (χ0) is 14.5. The molecule has 1 aliphatic rings. The molecule has 2 unspecified atom stereocenters. The Kier molecular flexibility index (Phi) is 4.34. The summed E-state index contributed by atoms with van der Waals surface area (Å²) in [6, 6.07) is 7.37. The number of carbonyl (C=O) groups excluding carboxylic acids is 3. The summed E-state index contributed by atoms with van der Waals surface area (Å²) >= 11 is 0. The Morgan fingerprint density at radius 1 is 1.35 bits per heavy atom. The first-order valence-electron chi connectivity index (χ1n) is 6.34. The lowest BCUT2D eigenvalue weighted by atomic mass is 10.1. The second kappa shape index (κ2) is 6.18. The standard InChI is InChI=1S/C14H16N2O4/c1-20-14(19)12(9-5-3-2-4-6-9)16-13(18)10-7-8-11(17)15-10/h2-6,10,12H,7-8H2,1H3,(H,15,17)(H,16,18). The van der Waals surface area contributed by atoms with E-state index < -0.39 is 18.1 Å². The molecule has 0 bridgehead atoms. The Balaban J connectivity index is 2.10. The zero-order valence-corrected chi connectivity index (χ0v) is 11.1. The monoisotopic (exact) mass is 276 g/mol. The lowest BCUT2D eigenvalue weighted by molar-refractivity contribution is -0.145. The molecular formula is C14H16N2O4. The molecule has 2 atom stereocenters. The van der Waals surface area contributed by atoms with Gasteiger partial charge in [-0.15, -0.1) is 0 Å². The molecule has 6 nitrogen and oxygen atoms in total. The molecule has 0 aliphatic carbocycles. The molecule has 2 amide bonds. The third kappa shape index (κ3) is 3.14. The maximum absolute atomic E-state index is 12.1. The Hall–Kier alpha value is -2.37. The molecule has 20 heavy (non-hydrogen) atoms. The second-order valence-corrected chi connectivity index (χ2v) is 4.53. The lowest BCUT2D eigenvalue weighted by Crippen LogP contribution is -2.45. The summed E-state index contributed by atoms with van der Waals surface area (Å²) in [6.45, 7) is 0. The van der Waals surface area contributed by atoms with E-state index in [1.807, 2.05) is 6.07 Å². The van der Waals surface area contributed by atoms with Crippen molar-refractivity contribution >= 4 is 17.8 Å². The number of rotatable bonds is 4. The minimum atomic E-state index is -0.869. The summed E-state index contributed by atoms with van der Waals surface area (Å²) in [5.41, 5.74) is 0.636. The molecule has 0 saturated carbocycles. The van der Waals surface area contributed by atoms with Crippen LogP contribution in [0.25, 0.3) is 0 Å². The Labute approximate surface area is 116 Å². The van der Waals surface area contributed by atoms with Crippen molar-refractivity contribution in [1.82, 2.24) is 10.6 Å². The van der Waals surface area contributed by atoms with Crippen LogP contribution < -0.4 is 10.6 Å².